The highest BCUT2D eigenvalue weighted by atomic mass is 19.1. The third-order valence-electron chi connectivity index (χ3n) is 2.79. The first-order valence-corrected chi connectivity index (χ1v) is 6.07. The topological polar surface area (TPSA) is 69.6 Å². The number of hydrogen-bond donors (Lipinski definition) is 3. The highest BCUT2D eigenvalue weighted by molar-refractivity contribution is 5.91. The van der Waals surface area contributed by atoms with Crippen LogP contribution in [0.1, 0.15) is 18.1 Å². The van der Waals surface area contributed by atoms with E-state index in [2.05, 4.69) is 5.32 Å². The summed E-state index contributed by atoms with van der Waals surface area (Å²) in [5, 5.41) is 21.3. The molecule has 0 heterocycles. The highest BCUT2D eigenvalue weighted by Gasteiger charge is 2.14. The number of amides is 1. The number of carbonyl (C=O) groups is 1. The normalized spacial score (nSPS) is 11.9. The highest BCUT2D eigenvalue weighted by Crippen LogP contribution is 2.21. The van der Waals surface area contributed by atoms with E-state index >= 15 is 0 Å². The van der Waals surface area contributed by atoms with Crippen LogP contribution in [0.25, 0.3) is 0 Å². The lowest BCUT2D eigenvalue weighted by Crippen LogP contribution is -2.16. The van der Waals surface area contributed by atoms with E-state index in [1.165, 1.54) is 12.1 Å². The van der Waals surface area contributed by atoms with Gasteiger partial charge >= 0.3 is 0 Å². The molecule has 0 fully saturated rings. The summed E-state index contributed by atoms with van der Waals surface area (Å²) in [6.07, 6.45) is -1.12. The van der Waals surface area contributed by atoms with Crippen molar-refractivity contribution >= 4 is 11.6 Å². The number of aromatic hydroxyl groups is 1. The SMILES string of the molecule is O=C(C[C@H](O)c1ccccc1)Nc1ccc(O)cc1F. The van der Waals surface area contributed by atoms with E-state index in [0.717, 1.165) is 6.07 Å². The van der Waals surface area contributed by atoms with Crippen molar-refractivity contribution in [3.63, 3.8) is 0 Å². The standard InChI is InChI=1S/C15H14FNO3/c16-12-8-11(18)6-7-13(12)17-15(20)9-14(19)10-4-2-1-3-5-10/h1-8,14,18-19H,9H2,(H,17,20)/t14-/m0/s1. The van der Waals surface area contributed by atoms with E-state index in [0.29, 0.717) is 5.56 Å². The van der Waals surface area contributed by atoms with Gasteiger partial charge in [0.1, 0.15) is 11.6 Å². The van der Waals surface area contributed by atoms with Gasteiger partial charge in [-0.1, -0.05) is 30.3 Å². The summed E-state index contributed by atoms with van der Waals surface area (Å²) in [6, 6.07) is 12.2. The molecule has 0 aromatic heterocycles. The first kappa shape index (κ1) is 14.0. The fourth-order valence-electron chi connectivity index (χ4n) is 1.78. The quantitative estimate of drug-likeness (QED) is 0.751. The van der Waals surface area contributed by atoms with Crippen LogP contribution in [0.2, 0.25) is 0 Å². The third kappa shape index (κ3) is 3.55. The molecule has 1 amide bonds. The second-order valence-corrected chi connectivity index (χ2v) is 4.34. The van der Waals surface area contributed by atoms with Crippen molar-refractivity contribution in [2.45, 2.75) is 12.5 Å². The summed E-state index contributed by atoms with van der Waals surface area (Å²) in [4.78, 5) is 11.7. The van der Waals surface area contributed by atoms with Crippen LogP contribution in [0.3, 0.4) is 0 Å². The predicted molar refractivity (Wildman–Crippen MR) is 72.7 cm³/mol. The summed E-state index contributed by atoms with van der Waals surface area (Å²) in [6.45, 7) is 0. The molecule has 104 valence electrons. The van der Waals surface area contributed by atoms with E-state index in [-0.39, 0.29) is 17.9 Å². The van der Waals surface area contributed by atoms with Gasteiger partial charge in [-0.2, -0.15) is 0 Å². The molecule has 1 atom stereocenters. The Hall–Kier alpha value is -2.40. The summed E-state index contributed by atoms with van der Waals surface area (Å²) >= 11 is 0. The van der Waals surface area contributed by atoms with Crippen LogP contribution in [-0.4, -0.2) is 16.1 Å². The van der Waals surface area contributed by atoms with Gasteiger partial charge in [0.05, 0.1) is 18.2 Å². The van der Waals surface area contributed by atoms with Crippen LogP contribution in [-0.2, 0) is 4.79 Å². The van der Waals surface area contributed by atoms with Crippen molar-refractivity contribution in [2.75, 3.05) is 5.32 Å². The number of aliphatic hydroxyl groups is 1. The van der Waals surface area contributed by atoms with Crippen LogP contribution in [0, 0.1) is 5.82 Å². The number of anilines is 1. The Morgan fingerprint density at radius 2 is 1.90 bits per heavy atom. The molecule has 3 N–H and O–H groups in total. The number of hydrogen-bond acceptors (Lipinski definition) is 3. The third-order valence-corrected chi connectivity index (χ3v) is 2.79. The van der Waals surface area contributed by atoms with Crippen LogP contribution in [0.15, 0.2) is 48.5 Å². The van der Waals surface area contributed by atoms with Gasteiger partial charge in [-0.3, -0.25) is 4.79 Å². The maximum atomic E-state index is 13.4. The Morgan fingerprint density at radius 1 is 1.20 bits per heavy atom. The van der Waals surface area contributed by atoms with Crippen molar-refractivity contribution < 1.29 is 19.4 Å². The molecule has 0 saturated heterocycles. The maximum absolute atomic E-state index is 13.4. The zero-order valence-electron chi connectivity index (χ0n) is 10.6. The number of halogens is 1. The number of phenols is 1. The van der Waals surface area contributed by atoms with Crippen LogP contribution >= 0.6 is 0 Å². The summed E-state index contributed by atoms with van der Waals surface area (Å²) in [5.74, 6) is -1.46. The van der Waals surface area contributed by atoms with E-state index in [9.17, 15) is 14.3 Å². The van der Waals surface area contributed by atoms with Gasteiger partial charge in [-0.15, -0.1) is 0 Å². The average Bonchev–Trinajstić information content (AvgIpc) is 2.43. The Bertz CT molecular complexity index is 601. The van der Waals surface area contributed by atoms with Gasteiger partial charge in [0.15, 0.2) is 0 Å². The van der Waals surface area contributed by atoms with Gasteiger partial charge in [0.25, 0.3) is 0 Å². The molecule has 2 aromatic carbocycles. The van der Waals surface area contributed by atoms with Crippen molar-refractivity contribution in [3.8, 4) is 5.75 Å². The van der Waals surface area contributed by atoms with E-state index in [4.69, 9.17) is 5.11 Å². The van der Waals surface area contributed by atoms with Crippen molar-refractivity contribution in [3.05, 3.63) is 59.9 Å². The number of carbonyl (C=O) groups excluding carboxylic acids is 1. The number of nitrogens with one attached hydrogen (secondary N) is 1. The molecular formula is C15H14FNO3. The molecule has 20 heavy (non-hydrogen) atoms. The molecule has 5 heteroatoms. The fourth-order valence-corrected chi connectivity index (χ4v) is 1.78. The first-order valence-electron chi connectivity index (χ1n) is 6.07. The number of benzene rings is 2. The Labute approximate surface area is 115 Å². The van der Waals surface area contributed by atoms with Gasteiger partial charge in [0.2, 0.25) is 5.91 Å². The molecule has 0 unspecified atom stereocenters. The van der Waals surface area contributed by atoms with Crippen molar-refractivity contribution in [1.82, 2.24) is 0 Å². The van der Waals surface area contributed by atoms with Gasteiger partial charge in [-0.05, 0) is 17.7 Å². The lowest BCUT2D eigenvalue weighted by molar-refractivity contribution is -0.118. The van der Waals surface area contributed by atoms with Gasteiger partial charge in [0, 0.05) is 6.07 Å². The van der Waals surface area contributed by atoms with Crippen molar-refractivity contribution in [2.24, 2.45) is 0 Å². The zero-order chi connectivity index (χ0) is 14.5. The molecular weight excluding hydrogens is 261 g/mol. The molecule has 4 nitrogen and oxygen atoms in total. The minimum Gasteiger partial charge on any atom is -0.508 e. The predicted octanol–water partition coefficient (Wildman–Crippen LogP) is 2.59. The smallest absolute Gasteiger partial charge is 0.227 e. The minimum absolute atomic E-state index is 0.0342. The van der Waals surface area contributed by atoms with Crippen LogP contribution in [0.4, 0.5) is 10.1 Å². The van der Waals surface area contributed by atoms with Gasteiger partial charge < -0.3 is 15.5 Å². The Morgan fingerprint density at radius 3 is 2.55 bits per heavy atom. The lowest BCUT2D eigenvalue weighted by atomic mass is 10.1. The number of phenolic OH excluding ortho intramolecular Hbond substituents is 1. The van der Waals surface area contributed by atoms with E-state index < -0.39 is 17.8 Å². The van der Waals surface area contributed by atoms with Crippen LogP contribution < -0.4 is 5.32 Å². The van der Waals surface area contributed by atoms with E-state index in [1.54, 1.807) is 24.3 Å². The molecule has 2 aromatic rings. The summed E-state index contributed by atoms with van der Waals surface area (Å²) in [5.41, 5.74) is 0.585. The summed E-state index contributed by atoms with van der Waals surface area (Å²) in [7, 11) is 0. The molecule has 0 bridgehead atoms. The van der Waals surface area contributed by atoms with Crippen LogP contribution in [0.5, 0.6) is 5.75 Å². The number of rotatable bonds is 4. The second-order valence-electron chi connectivity index (χ2n) is 4.34. The lowest BCUT2D eigenvalue weighted by Gasteiger charge is -2.11. The number of aliphatic hydroxyl groups excluding tert-OH is 1. The van der Waals surface area contributed by atoms with E-state index in [1.807, 2.05) is 6.07 Å². The molecule has 0 aliphatic carbocycles. The van der Waals surface area contributed by atoms with Crippen molar-refractivity contribution in [1.29, 1.82) is 0 Å². The Balaban J connectivity index is 1.99. The molecule has 0 radical (unpaired) electrons. The Kier molecular flexibility index (Phi) is 4.32. The fraction of sp³-hybridized carbons (Fsp3) is 0.133. The minimum atomic E-state index is -0.948. The molecule has 0 aliphatic rings. The van der Waals surface area contributed by atoms with Gasteiger partial charge in [-0.25, -0.2) is 4.39 Å². The molecule has 0 spiro atoms. The molecule has 2 rings (SSSR count). The summed E-state index contributed by atoms with van der Waals surface area (Å²) < 4.78 is 13.4. The average molecular weight is 275 g/mol. The largest absolute Gasteiger partial charge is 0.508 e. The first-order chi connectivity index (χ1) is 9.56. The maximum Gasteiger partial charge on any atom is 0.227 e. The monoisotopic (exact) mass is 275 g/mol. The zero-order valence-corrected chi connectivity index (χ0v) is 10.6. The second kappa shape index (κ2) is 6.16. The molecule has 0 aliphatic heterocycles. The molecule has 0 saturated carbocycles.